The number of nitrogens with one attached hydrogen (secondary N) is 1. The lowest BCUT2D eigenvalue weighted by Crippen LogP contribution is -2.25. The van der Waals surface area contributed by atoms with Crippen LogP contribution >= 0.6 is 22.7 Å². The Morgan fingerprint density at radius 3 is 2.69 bits per heavy atom. The number of hydrogen-bond donors (Lipinski definition) is 1. The molecule has 0 saturated carbocycles. The van der Waals surface area contributed by atoms with Crippen molar-refractivity contribution in [2.45, 2.75) is 27.2 Å². The number of nitrogens with zero attached hydrogens (tertiary/aromatic N) is 3. The summed E-state index contributed by atoms with van der Waals surface area (Å²) in [4.78, 5) is 27.7. The number of thiazole rings is 1. The fourth-order valence-electron chi connectivity index (χ4n) is 3.08. The average Bonchev–Trinajstić information content (AvgIpc) is 3.15. The maximum Gasteiger partial charge on any atom is 0.261 e. The number of carbonyl (C=O) groups excluding carboxylic acids is 1. The first-order valence-corrected chi connectivity index (χ1v) is 10.0. The second-order valence-corrected chi connectivity index (χ2v) is 8.29. The zero-order valence-corrected chi connectivity index (χ0v) is 16.4. The Hall–Kier alpha value is -2.38. The SMILES string of the molecule is Cc1nc(C)c2c(C)c(C(=O)NCCc3nc4ccccc4s3)sc2n1. The van der Waals surface area contributed by atoms with Gasteiger partial charge in [0.2, 0.25) is 0 Å². The Morgan fingerprint density at radius 2 is 1.88 bits per heavy atom. The number of aryl methyl sites for hydroxylation is 3. The van der Waals surface area contributed by atoms with Crippen molar-refractivity contribution < 1.29 is 4.79 Å². The lowest BCUT2D eigenvalue weighted by molar-refractivity contribution is 0.0957. The zero-order chi connectivity index (χ0) is 18.3. The Kier molecular flexibility index (Phi) is 4.42. The van der Waals surface area contributed by atoms with Crippen LogP contribution < -0.4 is 5.32 Å². The first kappa shape index (κ1) is 17.1. The summed E-state index contributed by atoms with van der Waals surface area (Å²) in [5, 5.41) is 5.05. The van der Waals surface area contributed by atoms with Gasteiger partial charge in [0.1, 0.15) is 10.7 Å². The molecule has 3 heterocycles. The molecule has 1 amide bonds. The van der Waals surface area contributed by atoms with Crippen molar-refractivity contribution in [3.05, 3.63) is 51.2 Å². The molecular weight excluding hydrogens is 364 g/mol. The second kappa shape index (κ2) is 6.74. The van der Waals surface area contributed by atoms with E-state index in [4.69, 9.17) is 0 Å². The number of fused-ring (bicyclic) bond motifs is 2. The highest BCUT2D eigenvalue weighted by Crippen LogP contribution is 2.31. The summed E-state index contributed by atoms with van der Waals surface area (Å²) in [5.74, 6) is 0.683. The van der Waals surface area contributed by atoms with Crippen molar-refractivity contribution in [2.75, 3.05) is 6.54 Å². The van der Waals surface area contributed by atoms with E-state index in [1.807, 2.05) is 39.0 Å². The lowest BCUT2D eigenvalue weighted by atomic mass is 10.1. The summed E-state index contributed by atoms with van der Waals surface area (Å²) in [7, 11) is 0. The van der Waals surface area contributed by atoms with Crippen LogP contribution in [0.15, 0.2) is 24.3 Å². The second-order valence-electron chi connectivity index (χ2n) is 6.17. The van der Waals surface area contributed by atoms with E-state index in [0.717, 1.165) is 44.2 Å². The van der Waals surface area contributed by atoms with Crippen LogP contribution in [0.2, 0.25) is 0 Å². The van der Waals surface area contributed by atoms with E-state index in [1.54, 1.807) is 11.3 Å². The molecule has 0 atom stereocenters. The molecule has 1 N–H and O–H groups in total. The van der Waals surface area contributed by atoms with Gasteiger partial charge in [0.05, 0.1) is 20.1 Å². The number of aromatic nitrogens is 3. The summed E-state index contributed by atoms with van der Waals surface area (Å²) in [6.45, 7) is 6.37. The molecule has 3 aromatic heterocycles. The van der Waals surface area contributed by atoms with Crippen LogP contribution in [-0.4, -0.2) is 27.4 Å². The topological polar surface area (TPSA) is 67.8 Å². The summed E-state index contributed by atoms with van der Waals surface area (Å²) in [5.41, 5.74) is 2.90. The molecule has 0 bridgehead atoms. The maximum atomic E-state index is 12.6. The Morgan fingerprint density at radius 1 is 1.08 bits per heavy atom. The molecular formula is C19H18N4OS2. The summed E-state index contributed by atoms with van der Waals surface area (Å²) in [6, 6.07) is 8.09. The highest BCUT2D eigenvalue weighted by Gasteiger charge is 2.18. The molecule has 4 aromatic rings. The zero-order valence-electron chi connectivity index (χ0n) is 14.8. The minimum atomic E-state index is -0.0522. The number of amides is 1. The monoisotopic (exact) mass is 382 g/mol. The van der Waals surface area contributed by atoms with Gasteiger partial charge >= 0.3 is 0 Å². The van der Waals surface area contributed by atoms with Crippen LogP contribution in [-0.2, 0) is 6.42 Å². The Labute approximate surface area is 159 Å². The van der Waals surface area contributed by atoms with Crippen molar-refractivity contribution in [2.24, 2.45) is 0 Å². The first-order chi connectivity index (χ1) is 12.5. The standard InChI is InChI=1S/C19H18N4OS2/c1-10-16-11(2)21-12(3)22-19(16)26-17(10)18(24)20-9-8-15-23-13-6-4-5-7-14(13)25-15/h4-7H,8-9H2,1-3H3,(H,20,24). The molecule has 7 heteroatoms. The Balaban J connectivity index is 1.49. The molecule has 0 aliphatic rings. The molecule has 4 rings (SSSR count). The molecule has 132 valence electrons. The summed E-state index contributed by atoms with van der Waals surface area (Å²) in [6.07, 6.45) is 0.729. The van der Waals surface area contributed by atoms with Crippen molar-refractivity contribution in [1.29, 1.82) is 0 Å². The van der Waals surface area contributed by atoms with E-state index in [9.17, 15) is 4.79 Å². The van der Waals surface area contributed by atoms with Crippen LogP contribution in [0.4, 0.5) is 0 Å². The largest absolute Gasteiger partial charge is 0.351 e. The number of para-hydroxylation sites is 1. The molecule has 0 spiro atoms. The van der Waals surface area contributed by atoms with Gasteiger partial charge in [-0.15, -0.1) is 22.7 Å². The van der Waals surface area contributed by atoms with Gasteiger partial charge in [0.25, 0.3) is 5.91 Å². The van der Waals surface area contributed by atoms with E-state index in [1.165, 1.54) is 16.0 Å². The van der Waals surface area contributed by atoms with Crippen molar-refractivity contribution in [1.82, 2.24) is 20.3 Å². The van der Waals surface area contributed by atoms with Crippen LogP contribution in [0.1, 0.15) is 31.8 Å². The molecule has 0 saturated heterocycles. The first-order valence-electron chi connectivity index (χ1n) is 8.40. The lowest BCUT2D eigenvalue weighted by Gasteiger charge is -2.03. The van der Waals surface area contributed by atoms with E-state index in [-0.39, 0.29) is 5.91 Å². The van der Waals surface area contributed by atoms with Gasteiger partial charge in [0, 0.05) is 24.0 Å². The number of thiophene rings is 1. The third kappa shape index (κ3) is 3.08. The minimum Gasteiger partial charge on any atom is -0.351 e. The predicted molar refractivity (Wildman–Crippen MR) is 107 cm³/mol. The van der Waals surface area contributed by atoms with Gasteiger partial charge in [-0.1, -0.05) is 12.1 Å². The number of hydrogen-bond acceptors (Lipinski definition) is 6. The van der Waals surface area contributed by atoms with E-state index >= 15 is 0 Å². The van der Waals surface area contributed by atoms with Crippen LogP contribution in [0.25, 0.3) is 20.4 Å². The van der Waals surface area contributed by atoms with Gasteiger partial charge in [-0.3, -0.25) is 4.79 Å². The van der Waals surface area contributed by atoms with E-state index in [0.29, 0.717) is 11.4 Å². The van der Waals surface area contributed by atoms with E-state index < -0.39 is 0 Å². The molecule has 1 aromatic carbocycles. The van der Waals surface area contributed by atoms with Crippen molar-refractivity contribution in [3.63, 3.8) is 0 Å². The normalized spacial score (nSPS) is 11.3. The highest BCUT2D eigenvalue weighted by molar-refractivity contribution is 7.20. The maximum absolute atomic E-state index is 12.6. The minimum absolute atomic E-state index is 0.0522. The van der Waals surface area contributed by atoms with Gasteiger partial charge in [-0.05, 0) is 38.5 Å². The molecule has 26 heavy (non-hydrogen) atoms. The third-order valence-electron chi connectivity index (χ3n) is 4.25. The van der Waals surface area contributed by atoms with Gasteiger partial charge in [0.15, 0.2) is 0 Å². The molecule has 0 aliphatic heterocycles. The smallest absolute Gasteiger partial charge is 0.261 e. The number of rotatable bonds is 4. The third-order valence-corrected chi connectivity index (χ3v) is 6.53. The molecule has 0 unspecified atom stereocenters. The molecule has 0 radical (unpaired) electrons. The highest BCUT2D eigenvalue weighted by atomic mass is 32.1. The summed E-state index contributed by atoms with van der Waals surface area (Å²) < 4.78 is 1.18. The van der Waals surface area contributed by atoms with E-state index in [2.05, 4.69) is 26.3 Å². The van der Waals surface area contributed by atoms with Gasteiger partial charge < -0.3 is 5.32 Å². The quantitative estimate of drug-likeness (QED) is 0.574. The van der Waals surface area contributed by atoms with Crippen LogP contribution in [0, 0.1) is 20.8 Å². The molecule has 0 aliphatic carbocycles. The van der Waals surface area contributed by atoms with Crippen molar-refractivity contribution >= 4 is 49.0 Å². The number of benzene rings is 1. The summed E-state index contributed by atoms with van der Waals surface area (Å²) >= 11 is 3.11. The predicted octanol–water partition coefficient (Wildman–Crippen LogP) is 4.20. The van der Waals surface area contributed by atoms with Crippen molar-refractivity contribution in [3.8, 4) is 0 Å². The fraction of sp³-hybridized carbons (Fsp3) is 0.263. The molecule has 5 nitrogen and oxygen atoms in total. The van der Waals surface area contributed by atoms with Gasteiger partial charge in [-0.25, -0.2) is 15.0 Å². The number of carbonyl (C=O) groups is 1. The van der Waals surface area contributed by atoms with Crippen LogP contribution in [0.3, 0.4) is 0 Å². The Bertz CT molecular complexity index is 1100. The molecule has 0 fully saturated rings. The average molecular weight is 383 g/mol. The van der Waals surface area contributed by atoms with Crippen LogP contribution in [0.5, 0.6) is 0 Å². The fourth-order valence-corrected chi connectivity index (χ4v) is 5.24. The van der Waals surface area contributed by atoms with Gasteiger partial charge in [-0.2, -0.15) is 0 Å².